The van der Waals surface area contributed by atoms with Gasteiger partial charge >= 0.3 is 0 Å². The first-order valence-electron chi connectivity index (χ1n) is 8.58. The van der Waals surface area contributed by atoms with Crippen LogP contribution in [0.5, 0.6) is 0 Å². The molecule has 0 aliphatic rings. The van der Waals surface area contributed by atoms with Crippen LogP contribution in [-0.2, 0) is 13.1 Å². The normalized spacial score (nSPS) is 10.9. The number of anilines is 1. The van der Waals surface area contributed by atoms with Crippen LogP contribution in [0.25, 0.3) is 11.0 Å². The van der Waals surface area contributed by atoms with E-state index in [1.165, 1.54) is 0 Å². The number of hydrogen-bond donors (Lipinski definition) is 1. The van der Waals surface area contributed by atoms with Gasteiger partial charge in [0.25, 0.3) is 5.56 Å². The zero-order chi connectivity index (χ0) is 18.6. The summed E-state index contributed by atoms with van der Waals surface area (Å²) in [5, 5.41) is 3.79. The van der Waals surface area contributed by atoms with Crippen LogP contribution in [0.4, 0.5) is 5.82 Å². The van der Waals surface area contributed by atoms with E-state index in [-0.39, 0.29) is 5.56 Å². The molecule has 134 valence electrons. The molecule has 0 spiro atoms. The van der Waals surface area contributed by atoms with Crippen molar-refractivity contribution in [3.8, 4) is 0 Å². The van der Waals surface area contributed by atoms with Crippen molar-refractivity contribution in [1.29, 1.82) is 0 Å². The van der Waals surface area contributed by atoms with Gasteiger partial charge in [-0.25, -0.2) is 4.98 Å². The monoisotopic (exact) mass is 376 g/mol. The molecular formula is C21H17ClN4O. The second-order valence-corrected chi connectivity index (χ2v) is 6.55. The predicted octanol–water partition coefficient (Wildman–Crippen LogP) is 4.11. The van der Waals surface area contributed by atoms with Crippen molar-refractivity contribution in [2.45, 2.75) is 13.1 Å². The molecule has 1 N–H and O–H groups in total. The van der Waals surface area contributed by atoms with E-state index in [0.29, 0.717) is 35.0 Å². The predicted molar refractivity (Wildman–Crippen MR) is 108 cm³/mol. The van der Waals surface area contributed by atoms with Gasteiger partial charge in [0.2, 0.25) is 0 Å². The Morgan fingerprint density at radius 2 is 1.78 bits per heavy atom. The number of halogens is 1. The van der Waals surface area contributed by atoms with Gasteiger partial charge in [-0.2, -0.15) is 0 Å². The molecule has 0 atom stereocenters. The third-order valence-electron chi connectivity index (χ3n) is 4.34. The van der Waals surface area contributed by atoms with E-state index in [0.717, 1.165) is 11.1 Å². The first-order valence-corrected chi connectivity index (χ1v) is 8.96. The van der Waals surface area contributed by atoms with Gasteiger partial charge in [0.15, 0.2) is 5.82 Å². The Kier molecular flexibility index (Phi) is 4.85. The molecule has 0 saturated heterocycles. The lowest BCUT2D eigenvalue weighted by molar-refractivity contribution is 0.785. The number of aromatic nitrogens is 3. The number of fused-ring (bicyclic) bond motifs is 1. The maximum atomic E-state index is 13.1. The topological polar surface area (TPSA) is 59.8 Å². The van der Waals surface area contributed by atoms with Crippen LogP contribution in [0.2, 0.25) is 5.02 Å². The first kappa shape index (κ1) is 17.2. The summed E-state index contributed by atoms with van der Waals surface area (Å²) in [5.41, 5.74) is 3.17. The first-order chi connectivity index (χ1) is 13.2. The minimum absolute atomic E-state index is 0.189. The highest BCUT2D eigenvalue weighted by Crippen LogP contribution is 2.17. The molecule has 27 heavy (non-hydrogen) atoms. The minimum atomic E-state index is -0.189. The fraction of sp³-hybridized carbons (Fsp3) is 0.0952. The maximum absolute atomic E-state index is 13.1. The van der Waals surface area contributed by atoms with Gasteiger partial charge < -0.3 is 5.32 Å². The van der Waals surface area contributed by atoms with E-state index in [1.54, 1.807) is 23.0 Å². The van der Waals surface area contributed by atoms with Crippen LogP contribution >= 0.6 is 11.6 Å². The third kappa shape index (κ3) is 3.68. The van der Waals surface area contributed by atoms with Crippen LogP contribution < -0.4 is 10.9 Å². The smallest absolute Gasteiger partial charge is 0.294 e. The van der Waals surface area contributed by atoms with Crippen LogP contribution in [0.1, 0.15) is 11.1 Å². The highest BCUT2D eigenvalue weighted by Gasteiger charge is 2.12. The Hall–Kier alpha value is -3.18. The van der Waals surface area contributed by atoms with Crippen molar-refractivity contribution in [2.24, 2.45) is 0 Å². The van der Waals surface area contributed by atoms with Crippen LogP contribution in [0.3, 0.4) is 0 Å². The summed E-state index contributed by atoms with van der Waals surface area (Å²) in [6.45, 7) is 0.870. The molecule has 0 unspecified atom stereocenters. The van der Waals surface area contributed by atoms with E-state index in [9.17, 15) is 4.79 Å². The average Bonchev–Trinajstić information content (AvgIpc) is 2.71. The Morgan fingerprint density at radius 1 is 1.00 bits per heavy atom. The summed E-state index contributed by atoms with van der Waals surface area (Å²) >= 11 is 6.21. The average molecular weight is 377 g/mol. The number of rotatable bonds is 5. The van der Waals surface area contributed by atoms with Gasteiger partial charge in [0, 0.05) is 17.8 Å². The Balaban J connectivity index is 1.74. The zero-order valence-electron chi connectivity index (χ0n) is 14.5. The van der Waals surface area contributed by atoms with E-state index >= 15 is 0 Å². The molecule has 2 aromatic heterocycles. The SMILES string of the molecule is O=c1c(NCc2ccccc2Cl)nc2ccncc2n1Cc1ccccc1. The highest BCUT2D eigenvalue weighted by atomic mass is 35.5. The summed E-state index contributed by atoms with van der Waals surface area (Å²) in [5.74, 6) is 0.296. The van der Waals surface area contributed by atoms with Crippen molar-refractivity contribution in [1.82, 2.24) is 14.5 Å². The lowest BCUT2D eigenvalue weighted by Crippen LogP contribution is -2.26. The largest absolute Gasteiger partial charge is 0.361 e. The van der Waals surface area contributed by atoms with Gasteiger partial charge in [0.1, 0.15) is 0 Å². The molecule has 0 saturated carbocycles. The molecule has 2 aromatic carbocycles. The number of pyridine rings is 1. The summed E-state index contributed by atoms with van der Waals surface area (Å²) in [6, 6.07) is 19.2. The standard InChI is InChI=1S/C21H17ClN4O/c22-17-9-5-4-8-16(17)12-24-20-21(27)26(14-15-6-2-1-3-7-15)19-13-23-11-10-18(19)25-20/h1-11,13H,12,14H2,(H,24,25). The van der Waals surface area contributed by atoms with Crippen molar-refractivity contribution in [2.75, 3.05) is 5.32 Å². The van der Waals surface area contributed by atoms with Crippen LogP contribution in [-0.4, -0.2) is 14.5 Å². The van der Waals surface area contributed by atoms with Crippen molar-refractivity contribution < 1.29 is 0 Å². The van der Waals surface area contributed by atoms with E-state index < -0.39 is 0 Å². The Morgan fingerprint density at radius 3 is 2.59 bits per heavy atom. The van der Waals surface area contributed by atoms with Gasteiger partial charge in [-0.3, -0.25) is 14.3 Å². The number of benzene rings is 2. The van der Waals surface area contributed by atoms with Crippen LogP contribution in [0, 0.1) is 0 Å². The van der Waals surface area contributed by atoms with Crippen LogP contribution in [0.15, 0.2) is 77.9 Å². The zero-order valence-corrected chi connectivity index (χ0v) is 15.2. The van der Waals surface area contributed by atoms with Gasteiger partial charge in [-0.15, -0.1) is 0 Å². The summed E-state index contributed by atoms with van der Waals surface area (Å²) < 4.78 is 1.69. The van der Waals surface area contributed by atoms with Gasteiger partial charge in [-0.05, 0) is 23.3 Å². The molecule has 0 aliphatic carbocycles. The van der Waals surface area contributed by atoms with Gasteiger partial charge in [-0.1, -0.05) is 60.1 Å². The quantitative estimate of drug-likeness (QED) is 0.569. The summed E-state index contributed by atoms with van der Waals surface area (Å²) in [6.07, 6.45) is 3.34. The third-order valence-corrected chi connectivity index (χ3v) is 4.70. The van der Waals surface area contributed by atoms with E-state index in [1.807, 2.05) is 54.6 Å². The van der Waals surface area contributed by atoms with Crippen molar-refractivity contribution in [3.05, 3.63) is 99.6 Å². The Labute approximate surface area is 161 Å². The van der Waals surface area contributed by atoms with E-state index in [4.69, 9.17) is 11.6 Å². The molecule has 0 amide bonds. The molecule has 4 aromatic rings. The minimum Gasteiger partial charge on any atom is -0.361 e. The second-order valence-electron chi connectivity index (χ2n) is 6.15. The lowest BCUT2D eigenvalue weighted by Gasteiger charge is -2.13. The second kappa shape index (κ2) is 7.60. The number of nitrogens with one attached hydrogen (secondary N) is 1. The fourth-order valence-corrected chi connectivity index (χ4v) is 3.15. The Bertz CT molecular complexity index is 1140. The summed E-state index contributed by atoms with van der Waals surface area (Å²) in [7, 11) is 0. The molecular weight excluding hydrogens is 360 g/mol. The molecule has 4 rings (SSSR count). The number of hydrogen-bond acceptors (Lipinski definition) is 4. The highest BCUT2D eigenvalue weighted by molar-refractivity contribution is 6.31. The molecule has 5 nitrogen and oxygen atoms in total. The maximum Gasteiger partial charge on any atom is 0.294 e. The molecule has 2 heterocycles. The van der Waals surface area contributed by atoms with E-state index in [2.05, 4.69) is 15.3 Å². The molecule has 0 bridgehead atoms. The molecule has 6 heteroatoms. The molecule has 0 aliphatic heterocycles. The fourth-order valence-electron chi connectivity index (χ4n) is 2.95. The van der Waals surface area contributed by atoms with Gasteiger partial charge in [0.05, 0.1) is 23.8 Å². The van der Waals surface area contributed by atoms with Crippen molar-refractivity contribution >= 4 is 28.5 Å². The molecule has 0 fully saturated rings. The molecule has 0 radical (unpaired) electrons. The number of nitrogens with zero attached hydrogens (tertiary/aromatic N) is 3. The lowest BCUT2D eigenvalue weighted by atomic mass is 10.2. The summed E-state index contributed by atoms with van der Waals surface area (Å²) in [4.78, 5) is 21.7. The van der Waals surface area contributed by atoms with Crippen molar-refractivity contribution in [3.63, 3.8) is 0 Å².